The third-order valence-electron chi connectivity index (χ3n) is 3.01. The molecular formula is C12H11ClN4OS. The molecule has 0 spiro atoms. The summed E-state index contributed by atoms with van der Waals surface area (Å²) in [5.74, 6) is 0.288. The molecule has 1 heterocycles. The number of benzene rings is 1. The average Bonchev–Trinajstić information content (AvgIpc) is 3.01. The number of thioether (sulfide) groups is 1. The van der Waals surface area contributed by atoms with E-state index in [9.17, 15) is 4.79 Å². The van der Waals surface area contributed by atoms with E-state index in [-0.39, 0.29) is 11.0 Å². The van der Waals surface area contributed by atoms with Crippen molar-refractivity contribution in [3.8, 4) is 5.69 Å². The molecule has 2 aromatic rings. The largest absolute Gasteiger partial charge is 0.298 e. The molecule has 3 rings (SSSR count). The maximum atomic E-state index is 11.7. The summed E-state index contributed by atoms with van der Waals surface area (Å²) in [4.78, 5) is 11.7. The van der Waals surface area contributed by atoms with Crippen molar-refractivity contribution in [1.29, 1.82) is 0 Å². The first-order valence-corrected chi connectivity index (χ1v) is 7.23. The summed E-state index contributed by atoms with van der Waals surface area (Å²) in [7, 11) is 0. The number of Topliss-reactive ketones (excluding diaryl/α,β-unsaturated/α-hetero) is 1. The summed E-state index contributed by atoms with van der Waals surface area (Å²) in [5, 5.41) is 12.9. The molecule has 1 aliphatic carbocycles. The van der Waals surface area contributed by atoms with Crippen LogP contribution in [0.4, 0.5) is 0 Å². The van der Waals surface area contributed by atoms with E-state index in [1.54, 1.807) is 16.8 Å². The lowest BCUT2D eigenvalue weighted by molar-refractivity contribution is -0.116. The minimum atomic E-state index is -0.0166. The van der Waals surface area contributed by atoms with Crippen molar-refractivity contribution >= 4 is 29.1 Å². The first kappa shape index (κ1) is 12.6. The Morgan fingerprint density at radius 3 is 2.79 bits per heavy atom. The Morgan fingerprint density at radius 1 is 1.32 bits per heavy atom. The molecule has 19 heavy (non-hydrogen) atoms. The van der Waals surface area contributed by atoms with Gasteiger partial charge in [0.25, 0.3) is 0 Å². The van der Waals surface area contributed by atoms with Crippen molar-refractivity contribution in [2.75, 3.05) is 0 Å². The van der Waals surface area contributed by atoms with Gasteiger partial charge in [0.1, 0.15) is 5.78 Å². The maximum absolute atomic E-state index is 11.7. The molecule has 1 aliphatic rings. The standard InChI is InChI=1S/C12H11ClN4OS/c13-8-4-6-9(7-5-8)17-12(14-15-16-17)19-11-3-1-2-10(11)18/h4-7,11H,1-3H2/t11-/m0/s1. The highest BCUT2D eigenvalue weighted by Gasteiger charge is 2.27. The van der Waals surface area contributed by atoms with Crippen molar-refractivity contribution in [1.82, 2.24) is 20.2 Å². The average molecular weight is 295 g/mol. The van der Waals surface area contributed by atoms with Crippen LogP contribution in [-0.2, 0) is 4.79 Å². The number of ketones is 1. The zero-order valence-electron chi connectivity index (χ0n) is 9.99. The summed E-state index contributed by atoms with van der Waals surface area (Å²) in [6, 6.07) is 7.26. The van der Waals surface area contributed by atoms with Gasteiger partial charge in [-0.3, -0.25) is 4.79 Å². The maximum Gasteiger partial charge on any atom is 0.214 e. The van der Waals surface area contributed by atoms with Crippen LogP contribution in [0.1, 0.15) is 19.3 Å². The minimum Gasteiger partial charge on any atom is -0.298 e. The SMILES string of the molecule is O=C1CCC[C@@H]1Sc1nnnn1-c1ccc(Cl)cc1. The molecule has 0 aliphatic heterocycles. The predicted octanol–water partition coefficient (Wildman–Crippen LogP) is 2.53. The van der Waals surface area contributed by atoms with Crippen LogP contribution in [0, 0.1) is 0 Å². The third-order valence-corrected chi connectivity index (χ3v) is 4.51. The highest BCUT2D eigenvalue weighted by molar-refractivity contribution is 8.00. The molecule has 7 heteroatoms. The molecule has 0 bridgehead atoms. The van der Waals surface area contributed by atoms with E-state index in [1.807, 2.05) is 12.1 Å². The van der Waals surface area contributed by atoms with Crippen molar-refractivity contribution in [2.45, 2.75) is 29.7 Å². The Bertz CT molecular complexity index is 598. The topological polar surface area (TPSA) is 60.7 Å². The van der Waals surface area contributed by atoms with Gasteiger partial charge in [0, 0.05) is 11.4 Å². The number of aromatic nitrogens is 4. The van der Waals surface area contributed by atoms with E-state index < -0.39 is 0 Å². The number of halogens is 1. The van der Waals surface area contributed by atoms with Crippen LogP contribution >= 0.6 is 23.4 Å². The van der Waals surface area contributed by atoms with Crippen LogP contribution in [0.3, 0.4) is 0 Å². The first-order valence-electron chi connectivity index (χ1n) is 5.98. The van der Waals surface area contributed by atoms with E-state index in [4.69, 9.17) is 11.6 Å². The molecule has 0 saturated heterocycles. The molecule has 5 nitrogen and oxygen atoms in total. The van der Waals surface area contributed by atoms with E-state index in [0.29, 0.717) is 16.6 Å². The van der Waals surface area contributed by atoms with Gasteiger partial charge in [-0.2, -0.15) is 4.68 Å². The summed E-state index contributed by atoms with van der Waals surface area (Å²) in [6.07, 6.45) is 2.52. The Morgan fingerprint density at radius 2 is 2.11 bits per heavy atom. The number of hydrogen-bond donors (Lipinski definition) is 0. The fourth-order valence-corrected chi connectivity index (χ4v) is 3.27. The quantitative estimate of drug-likeness (QED) is 0.870. The van der Waals surface area contributed by atoms with Crippen LogP contribution in [0.5, 0.6) is 0 Å². The van der Waals surface area contributed by atoms with Gasteiger partial charge in [-0.1, -0.05) is 23.4 Å². The monoisotopic (exact) mass is 294 g/mol. The molecule has 1 aromatic heterocycles. The molecule has 1 atom stereocenters. The Hall–Kier alpha value is -1.40. The second kappa shape index (κ2) is 5.30. The lowest BCUT2D eigenvalue weighted by Crippen LogP contribution is -2.10. The number of carbonyl (C=O) groups excluding carboxylic acids is 1. The van der Waals surface area contributed by atoms with Crippen molar-refractivity contribution in [3.63, 3.8) is 0 Å². The van der Waals surface area contributed by atoms with E-state index in [1.165, 1.54) is 11.8 Å². The molecule has 1 aromatic carbocycles. The molecule has 1 fully saturated rings. The number of carbonyl (C=O) groups is 1. The van der Waals surface area contributed by atoms with Gasteiger partial charge in [0.05, 0.1) is 10.9 Å². The fourth-order valence-electron chi connectivity index (χ4n) is 2.03. The van der Waals surface area contributed by atoms with E-state index in [2.05, 4.69) is 15.5 Å². The van der Waals surface area contributed by atoms with Gasteiger partial charge >= 0.3 is 0 Å². The number of hydrogen-bond acceptors (Lipinski definition) is 5. The number of rotatable bonds is 3. The van der Waals surface area contributed by atoms with Crippen LogP contribution < -0.4 is 0 Å². The summed E-state index contributed by atoms with van der Waals surface area (Å²) < 4.78 is 1.63. The van der Waals surface area contributed by atoms with E-state index in [0.717, 1.165) is 18.5 Å². The van der Waals surface area contributed by atoms with Gasteiger partial charge in [-0.25, -0.2) is 0 Å². The smallest absolute Gasteiger partial charge is 0.214 e. The second-order valence-corrected chi connectivity index (χ2v) is 5.92. The first-order chi connectivity index (χ1) is 9.24. The van der Waals surface area contributed by atoms with Crippen LogP contribution in [0.15, 0.2) is 29.4 Å². The van der Waals surface area contributed by atoms with Crippen LogP contribution in [0.25, 0.3) is 5.69 Å². The van der Waals surface area contributed by atoms with Crippen molar-refractivity contribution in [3.05, 3.63) is 29.3 Å². The minimum absolute atomic E-state index is 0.0166. The molecule has 0 amide bonds. The Labute approximate surface area is 119 Å². The van der Waals surface area contributed by atoms with Gasteiger partial charge in [0.15, 0.2) is 0 Å². The molecule has 1 saturated carbocycles. The summed E-state index contributed by atoms with van der Waals surface area (Å²) >= 11 is 7.29. The summed E-state index contributed by atoms with van der Waals surface area (Å²) in [5.41, 5.74) is 0.836. The van der Waals surface area contributed by atoms with Crippen molar-refractivity contribution < 1.29 is 4.79 Å². The highest BCUT2D eigenvalue weighted by atomic mass is 35.5. The lowest BCUT2D eigenvalue weighted by Gasteiger charge is -2.07. The second-order valence-electron chi connectivity index (χ2n) is 4.31. The van der Waals surface area contributed by atoms with Gasteiger partial charge < -0.3 is 0 Å². The fraction of sp³-hybridized carbons (Fsp3) is 0.333. The Kier molecular flexibility index (Phi) is 3.52. The zero-order chi connectivity index (χ0) is 13.2. The predicted molar refractivity (Wildman–Crippen MR) is 72.7 cm³/mol. The lowest BCUT2D eigenvalue weighted by atomic mass is 10.3. The van der Waals surface area contributed by atoms with E-state index >= 15 is 0 Å². The van der Waals surface area contributed by atoms with Crippen molar-refractivity contribution in [2.24, 2.45) is 0 Å². The normalized spacial score (nSPS) is 19.0. The van der Waals surface area contributed by atoms with Crippen LogP contribution in [-0.4, -0.2) is 31.2 Å². The number of tetrazole rings is 1. The van der Waals surface area contributed by atoms with Gasteiger partial charge in [-0.15, -0.1) is 5.10 Å². The van der Waals surface area contributed by atoms with Crippen LogP contribution in [0.2, 0.25) is 5.02 Å². The highest BCUT2D eigenvalue weighted by Crippen LogP contribution is 2.31. The number of nitrogens with zero attached hydrogens (tertiary/aromatic N) is 4. The molecule has 98 valence electrons. The van der Waals surface area contributed by atoms with Gasteiger partial charge in [-0.05, 0) is 47.5 Å². The zero-order valence-corrected chi connectivity index (χ0v) is 11.6. The third kappa shape index (κ3) is 2.64. The molecule has 0 unspecified atom stereocenters. The van der Waals surface area contributed by atoms with Gasteiger partial charge in [0.2, 0.25) is 5.16 Å². The molecular weight excluding hydrogens is 284 g/mol. The molecule has 0 radical (unpaired) electrons. The summed E-state index contributed by atoms with van der Waals surface area (Å²) in [6.45, 7) is 0. The molecule has 0 N–H and O–H groups in total. The Balaban J connectivity index is 1.86.